The predicted molar refractivity (Wildman–Crippen MR) is 247 cm³/mol. The van der Waals surface area contributed by atoms with Crippen LogP contribution < -0.4 is 20.6 Å². The molecule has 68 heavy (non-hydrogen) atoms. The van der Waals surface area contributed by atoms with Crippen molar-refractivity contribution in [3.8, 4) is 0 Å². The average Bonchev–Trinajstić information content (AvgIpc) is 3.88. The van der Waals surface area contributed by atoms with Gasteiger partial charge in [-0.05, 0) is 108 Å². The second-order valence-electron chi connectivity index (χ2n) is 18.5. The Morgan fingerprint density at radius 1 is 0.647 bits per heavy atom. The van der Waals surface area contributed by atoms with Gasteiger partial charge in [-0.3, -0.25) is 19.5 Å². The van der Waals surface area contributed by atoms with Crippen molar-refractivity contribution in [1.29, 1.82) is 0 Å². The van der Waals surface area contributed by atoms with Crippen molar-refractivity contribution in [3.63, 3.8) is 0 Å². The third kappa shape index (κ3) is 12.9. The second-order valence-corrected chi connectivity index (χ2v) is 18.5. The second kappa shape index (κ2) is 21.7. The van der Waals surface area contributed by atoms with Crippen LogP contribution in [-0.2, 0) is 37.2 Å². The summed E-state index contributed by atoms with van der Waals surface area (Å²) in [5.74, 6) is -1.06. The van der Waals surface area contributed by atoms with Crippen LogP contribution in [-0.4, -0.2) is 107 Å². The topological polar surface area (TPSA) is 220 Å². The number of carbonyl (C=O) groups excluding carboxylic acids is 4. The van der Waals surface area contributed by atoms with Crippen LogP contribution in [0, 0.1) is 5.21 Å². The summed E-state index contributed by atoms with van der Waals surface area (Å²) in [6.07, 6.45) is 0.723. The molecule has 8 rings (SSSR count). The molecule has 0 unspecified atom stereocenters. The SMILES string of the molecule is CC(C)(C)OC(=O)N1C[C@H](NOCc2ccccc2)CC[C@H]1C(=O)On1nnc2ccccc21.CC(C)(C)OC(=O)N1C[C@H](NOCc2ccccc2)CC[C@H]1C(=O)n1n[n+]([O-])c2ccccc21. The van der Waals surface area contributed by atoms with Crippen LogP contribution in [0.2, 0.25) is 0 Å². The van der Waals surface area contributed by atoms with Gasteiger partial charge < -0.3 is 19.5 Å². The van der Waals surface area contributed by atoms with E-state index in [-0.39, 0.29) is 30.7 Å². The quantitative estimate of drug-likeness (QED) is 0.0691. The molecule has 0 bridgehead atoms. The van der Waals surface area contributed by atoms with Gasteiger partial charge in [0.25, 0.3) is 0 Å². The molecule has 2 aromatic heterocycles. The van der Waals surface area contributed by atoms with Gasteiger partial charge in [-0.15, -0.1) is 9.94 Å². The number of ether oxygens (including phenoxy) is 2. The van der Waals surface area contributed by atoms with Crippen LogP contribution in [0.25, 0.3) is 22.1 Å². The Hall–Kier alpha value is -7.00. The molecule has 4 heterocycles. The molecule has 360 valence electrons. The number of benzene rings is 4. The third-order valence-electron chi connectivity index (χ3n) is 10.8. The summed E-state index contributed by atoms with van der Waals surface area (Å²) in [5, 5.41) is 23.9. The van der Waals surface area contributed by atoms with E-state index in [1.54, 1.807) is 84.0 Å². The zero-order valence-corrected chi connectivity index (χ0v) is 39.0. The minimum atomic E-state index is -0.829. The summed E-state index contributed by atoms with van der Waals surface area (Å²) < 4.78 is 12.2. The van der Waals surface area contributed by atoms with Crippen LogP contribution in [0.15, 0.2) is 109 Å². The van der Waals surface area contributed by atoms with E-state index in [4.69, 9.17) is 24.0 Å². The summed E-state index contributed by atoms with van der Waals surface area (Å²) in [5.41, 5.74) is 8.46. The smallest absolute Gasteiger partial charge is 0.411 e. The van der Waals surface area contributed by atoms with Gasteiger partial charge in [0.15, 0.2) is 0 Å². The molecule has 20 nitrogen and oxygen atoms in total. The third-order valence-corrected chi connectivity index (χ3v) is 10.8. The number of hydroxylamine groups is 2. The first-order chi connectivity index (χ1) is 32.5. The maximum absolute atomic E-state index is 13.5. The molecule has 2 amide bonds. The van der Waals surface area contributed by atoms with Crippen molar-refractivity contribution in [2.45, 2.75) is 116 Å². The Labute approximate surface area is 393 Å². The fraction of sp³-hybridized carbons (Fsp3) is 0.417. The number of nitrogens with one attached hydrogen (secondary N) is 2. The molecular weight excluding hydrogens is 877 g/mol. The van der Waals surface area contributed by atoms with Gasteiger partial charge in [-0.1, -0.05) is 94.5 Å². The number of rotatable bonds is 11. The van der Waals surface area contributed by atoms with Gasteiger partial charge in [0.05, 0.1) is 25.3 Å². The summed E-state index contributed by atoms with van der Waals surface area (Å²) in [6, 6.07) is 31.3. The molecule has 0 saturated carbocycles. The number of para-hydroxylation sites is 3. The van der Waals surface area contributed by atoms with Crippen molar-refractivity contribution >= 4 is 46.1 Å². The van der Waals surface area contributed by atoms with E-state index in [1.165, 1.54) is 9.80 Å². The molecule has 2 aliphatic heterocycles. The number of piperidine rings is 2. The maximum Gasteiger partial charge on any atom is 0.411 e. The van der Waals surface area contributed by atoms with Gasteiger partial charge in [-0.25, -0.2) is 19.2 Å². The number of hydrogen-bond donors (Lipinski definition) is 2. The Balaban J connectivity index is 0.000000201. The lowest BCUT2D eigenvalue weighted by atomic mass is 9.98. The molecule has 0 spiro atoms. The number of fused-ring (bicyclic) bond motifs is 2. The fourth-order valence-corrected chi connectivity index (χ4v) is 7.66. The highest BCUT2D eigenvalue weighted by Crippen LogP contribution is 2.25. The minimum absolute atomic E-state index is 0.174. The molecule has 0 aliphatic carbocycles. The lowest BCUT2D eigenvalue weighted by molar-refractivity contribution is -0.645. The summed E-state index contributed by atoms with van der Waals surface area (Å²) in [6.45, 7) is 11.8. The molecule has 2 N–H and O–H groups in total. The van der Waals surface area contributed by atoms with Gasteiger partial charge in [0.1, 0.15) is 39.5 Å². The van der Waals surface area contributed by atoms with Crippen molar-refractivity contribution in [1.82, 2.24) is 45.8 Å². The molecule has 20 heteroatoms. The van der Waals surface area contributed by atoms with Gasteiger partial charge in [0.2, 0.25) is 11.0 Å². The summed E-state index contributed by atoms with van der Waals surface area (Å²) in [4.78, 5) is 73.7. The van der Waals surface area contributed by atoms with Crippen molar-refractivity contribution < 1.29 is 48.0 Å². The zero-order valence-electron chi connectivity index (χ0n) is 39.0. The Kier molecular flexibility index (Phi) is 15.6. The van der Waals surface area contributed by atoms with E-state index in [0.29, 0.717) is 60.3 Å². The minimum Gasteiger partial charge on any atom is -0.691 e. The lowest BCUT2D eigenvalue weighted by Crippen LogP contribution is -2.57. The largest absolute Gasteiger partial charge is 0.691 e. The first-order valence-corrected chi connectivity index (χ1v) is 22.5. The van der Waals surface area contributed by atoms with Crippen molar-refractivity contribution in [2.75, 3.05) is 13.1 Å². The van der Waals surface area contributed by atoms with Crippen LogP contribution >= 0.6 is 0 Å². The highest BCUT2D eigenvalue weighted by Gasteiger charge is 2.43. The van der Waals surface area contributed by atoms with E-state index in [2.05, 4.69) is 26.5 Å². The number of hydrogen-bond acceptors (Lipinski definition) is 15. The summed E-state index contributed by atoms with van der Waals surface area (Å²) in [7, 11) is 0. The average molecular weight is 935 g/mol. The van der Waals surface area contributed by atoms with Crippen LogP contribution in [0.3, 0.4) is 0 Å². The number of aromatic nitrogens is 6. The maximum atomic E-state index is 13.5. The Morgan fingerprint density at radius 2 is 1.13 bits per heavy atom. The van der Waals surface area contributed by atoms with Crippen molar-refractivity contribution in [3.05, 3.63) is 126 Å². The summed E-state index contributed by atoms with van der Waals surface area (Å²) >= 11 is 0. The van der Waals surface area contributed by atoms with E-state index in [9.17, 15) is 24.4 Å². The molecular formula is C48H58N10O10. The molecule has 2 aliphatic rings. The fourth-order valence-electron chi connectivity index (χ4n) is 7.66. The highest BCUT2D eigenvalue weighted by atomic mass is 16.7. The zero-order chi connectivity index (χ0) is 48.4. The predicted octanol–water partition coefficient (Wildman–Crippen LogP) is 5.68. The molecule has 6 aromatic rings. The van der Waals surface area contributed by atoms with Crippen LogP contribution in [0.4, 0.5) is 9.59 Å². The Bertz CT molecular complexity index is 2650. The molecule has 4 atom stereocenters. The number of carbonyl (C=O) groups is 4. The van der Waals surface area contributed by atoms with Crippen molar-refractivity contribution in [2.24, 2.45) is 0 Å². The normalized spacial score (nSPS) is 18.7. The number of likely N-dealkylation sites (tertiary alicyclic amines) is 2. The van der Waals surface area contributed by atoms with Gasteiger partial charge in [0, 0.05) is 13.1 Å². The van der Waals surface area contributed by atoms with E-state index >= 15 is 0 Å². The number of nitrogens with zero attached hydrogens (tertiary/aromatic N) is 8. The van der Waals surface area contributed by atoms with Crippen LogP contribution in [0.5, 0.6) is 0 Å². The lowest BCUT2D eigenvalue weighted by Gasteiger charge is -2.38. The molecule has 4 aromatic carbocycles. The van der Waals surface area contributed by atoms with Gasteiger partial charge in [-0.2, -0.15) is 11.0 Å². The molecule has 2 fully saturated rings. The monoisotopic (exact) mass is 934 g/mol. The van der Waals surface area contributed by atoms with E-state index in [0.717, 1.165) is 20.7 Å². The molecule has 2 saturated heterocycles. The van der Waals surface area contributed by atoms with E-state index in [1.807, 2.05) is 66.7 Å². The van der Waals surface area contributed by atoms with Gasteiger partial charge >= 0.3 is 24.1 Å². The first kappa shape index (κ1) is 48.9. The first-order valence-electron chi connectivity index (χ1n) is 22.5. The number of amides is 2. The highest BCUT2D eigenvalue weighted by molar-refractivity contribution is 5.93. The molecule has 0 radical (unpaired) electrons. The standard InChI is InChI=1S/2C24H29N5O5/c1-24(2,3)33-23(31)28-15-18(26-32-16-17-9-5-4-6-10-17)13-14-21(28)22(30)34-29-20-12-8-7-11-19(20)25-27-29;1-24(2,3)34-23(31)27-15-18(25-33-16-17-9-5-4-6-10-17)13-14-21(27)22(30)28-19-11-7-8-12-20(19)29(32)26-28/h4-12,18,21,26H,13-16H2,1-3H3;4-12,18,21,25H,13-16H2,1-3H3/t2*18-,21+/m11/s1. The Morgan fingerprint density at radius 3 is 1.69 bits per heavy atom. The van der Waals surface area contributed by atoms with Crippen LogP contribution in [0.1, 0.15) is 83.1 Å². The van der Waals surface area contributed by atoms with E-state index < -0.39 is 47.3 Å².